The number of anilines is 3. The van der Waals surface area contributed by atoms with E-state index >= 15 is 0 Å². The standard InChI is InChI=1S/C65H43N/c1-3-16-52(17-4-1)65(53-18-5-2-6-19-53)61-23-12-11-22-58(61)64-62(65)24-13-25-63(64)66(54-38-34-44(35-39-54)50-32-30-48-28-26-46-14-7-9-20-56(46)59(48)42-50)55-40-36-45(37-41-55)51-33-31-49-29-27-47-15-8-10-21-57(47)60(49)43-51/h1-43H. The zero-order chi connectivity index (χ0) is 43.6. The lowest BCUT2D eigenvalue weighted by Gasteiger charge is -2.34. The van der Waals surface area contributed by atoms with E-state index in [-0.39, 0.29) is 0 Å². The summed E-state index contributed by atoms with van der Waals surface area (Å²) in [5.41, 5.74) is 15.2. The molecule has 0 aliphatic heterocycles. The smallest absolute Gasteiger partial charge is 0.0714 e. The zero-order valence-electron chi connectivity index (χ0n) is 36.3. The highest BCUT2D eigenvalue weighted by atomic mass is 15.1. The molecule has 0 saturated carbocycles. The third-order valence-electron chi connectivity index (χ3n) is 14.1. The van der Waals surface area contributed by atoms with Crippen molar-refractivity contribution >= 4 is 60.2 Å². The summed E-state index contributed by atoms with van der Waals surface area (Å²) < 4.78 is 0. The van der Waals surface area contributed by atoms with Crippen LogP contribution in [0.2, 0.25) is 0 Å². The summed E-state index contributed by atoms with van der Waals surface area (Å²) in [6, 6.07) is 96.5. The van der Waals surface area contributed by atoms with E-state index < -0.39 is 5.41 Å². The van der Waals surface area contributed by atoms with Gasteiger partial charge < -0.3 is 4.90 Å². The second-order valence-corrected chi connectivity index (χ2v) is 17.6. The molecule has 0 amide bonds. The molecule has 13 rings (SSSR count). The van der Waals surface area contributed by atoms with Crippen molar-refractivity contribution in [1.82, 2.24) is 0 Å². The molecule has 308 valence electrons. The van der Waals surface area contributed by atoms with Crippen LogP contribution in [0.25, 0.3) is 76.5 Å². The van der Waals surface area contributed by atoms with Crippen molar-refractivity contribution in [2.24, 2.45) is 0 Å². The Morgan fingerprint density at radius 2 is 0.682 bits per heavy atom. The average molecular weight is 838 g/mol. The van der Waals surface area contributed by atoms with Crippen molar-refractivity contribution in [2.45, 2.75) is 5.41 Å². The Morgan fingerprint density at radius 1 is 0.273 bits per heavy atom. The maximum absolute atomic E-state index is 2.47. The van der Waals surface area contributed by atoms with E-state index in [0.717, 1.165) is 17.1 Å². The lowest BCUT2D eigenvalue weighted by atomic mass is 9.68. The largest absolute Gasteiger partial charge is 0.310 e. The first-order chi connectivity index (χ1) is 32.7. The van der Waals surface area contributed by atoms with E-state index in [9.17, 15) is 0 Å². The normalized spacial score (nSPS) is 12.7. The Morgan fingerprint density at radius 3 is 1.21 bits per heavy atom. The molecule has 0 radical (unpaired) electrons. The van der Waals surface area contributed by atoms with Crippen LogP contribution in [0.4, 0.5) is 17.1 Å². The van der Waals surface area contributed by atoms with Gasteiger partial charge in [0.15, 0.2) is 0 Å². The monoisotopic (exact) mass is 837 g/mol. The second-order valence-electron chi connectivity index (χ2n) is 17.6. The molecule has 1 aliphatic carbocycles. The Bertz CT molecular complexity index is 3590. The molecule has 1 aliphatic rings. The van der Waals surface area contributed by atoms with E-state index in [2.05, 4.69) is 266 Å². The minimum absolute atomic E-state index is 0.510. The zero-order valence-corrected chi connectivity index (χ0v) is 36.3. The summed E-state index contributed by atoms with van der Waals surface area (Å²) in [5.74, 6) is 0. The molecule has 12 aromatic rings. The van der Waals surface area contributed by atoms with Gasteiger partial charge in [-0.1, -0.05) is 218 Å². The van der Waals surface area contributed by atoms with Gasteiger partial charge in [0.2, 0.25) is 0 Å². The summed E-state index contributed by atoms with van der Waals surface area (Å²) in [6.07, 6.45) is 0. The molecule has 0 unspecified atom stereocenters. The minimum Gasteiger partial charge on any atom is -0.310 e. The third-order valence-corrected chi connectivity index (χ3v) is 14.1. The topological polar surface area (TPSA) is 3.24 Å². The van der Waals surface area contributed by atoms with Crippen molar-refractivity contribution in [3.05, 3.63) is 283 Å². The van der Waals surface area contributed by atoms with Crippen LogP contribution >= 0.6 is 0 Å². The molecule has 0 bridgehead atoms. The first-order valence-electron chi connectivity index (χ1n) is 22.9. The Hall–Kier alpha value is -8.52. The first kappa shape index (κ1) is 38.0. The molecular weight excluding hydrogens is 795 g/mol. The molecular formula is C65H43N. The molecule has 66 heavy (non-hydrogen) atoms. The van der Waals surface area contributed by atoms with Crippen LogP contribution in [0.1, 0.15) is 22.3 Å². The molecule has 0 heterocycles. The first-order valence-corrected chi connectivity index (χ1v) is 22.9. The second kappa shape index (κ2) is 15.3. The van der Waals surface area contributed by atoms with Crippen LogP contribution in [0.15, 0.2) is 261 Å². The van der Waals surface area contributed by atoms with Gasteiger partial charge in [-0.25, -0.2) is 0 Å². The fourth-order valence-electron chi connectivity index (χ4n) is 11.1. The highest BCUT2D eigenvalue weighted by Crippen LogP contribution is 2.59. The van der Waals surface area contributed by atoms with Gasteiger partial charge in [-0.15, -0.1) is 0 Å². The Kier molecular flexibility index (Phi) is 8.82. The summed E-state index contributed by atoms with van der Waals surface area (Å²) in [4.78, 5) is 2.47. The van der Waals surface area contributed by atoms with E-state index in [0.29, 0.717) is 0 Å². The molecule has 0 aromatic heterocycles. The van der Waals surface area contributed by atoms with Crippen LogP contribution in [-0.4, -0.2) is 0 Å². The van der Waals surface area contributed by atoms with Gasteiger partial charge in [0.05, 0.1) is 11.1 Å². The van der Waals surface area contributed by atoms with Crippen LogP contribution in [0.3, 0.4) is 0 Å². The summed E-state index contributed by atoms with van der Waals surface area (Å²) >= 11 is 0. The van der Waals surface area contributed by atoms with Crippen molar-refractivity contribution in [2.75, 3.05) is 4.90 Å². The quantitative estimate of drug-likeness (QED) is 0.145. The number of hydrogen-bond donors (Lipinski definition) is 0. The minimum atomic E-state index is -0.510. The summed E-state index contributed by atoms with van der Waals surface area (Å²) in [5, 5.41) is 10.1. The Balaban J connectivity index is 0.995. The van der Waals surface area contributed by atoms with Crippen LogP contribution in [0, 0.1) is 0 Å². The van der Waals surface area contributed by atoms with Crippen molar-refractivity contribution in [1.29, 1.82) is 0 Å². The summed E-state index contributed by atoms with van der Waals surface area (Å²) in [7, 11) is 0. The van der Waals surface area contributed by atoms with Gasteiger partial charge in [-0.05, 0) is 136 Å². The van der Waals surface area contributed by atoms with E-state index in [1.807, 2.05) is 0 Å². The van der Waals surface area contributed by atoms with Crippen molar-refractivity contribution in [3.63, 3.8) is 0 Å². The van der Waals surface area contributed by atoms with Gasteiger partial charge >= 0.3 is 0 Å². The highest BCUT2D eigenvalue weighted by Gasteiger charge is 2.47. The van der Waals surface area contributed by atoms with Gasteiger partial charge in [0.25, 0.3) is 0 Å². The number of nitrogens with zero attached hydrogens (tertiary/aromatic N) is 1. The number of rotatable bonds is 7. The lowest BCUT2D eigenvalue weighted by Crippen LogP contribution is -2.28. The van der Waals surface area contributed by atoms with Crippen molar-refractivity contribution in [3.8, 4) is 33.4 Å². The highest BCUT2D eigenvalue weighted by molar-refractivity contribution is 6.10. The van der Waals surface area contributed by atoms with E-state index in [1.54, 1.807) is 0 Å². The SMILES string of the molecule is c1ccc(C2(c3ccccc3)c3ccccc3-c3c(N(c4ccc(-c5ccc6ccc7ccccc7c6c5)cc4)c4ccc(-c5ccc6ccc7ccccc7c6c5)cc4)cccc32)cc1. The lowest BCUT2D eigenvalue weighted by molar-refractivity contribution is 0.768. The molecule has 0 fully saturated rings. The molecule has 1 nitrogen and oxygen atoms in total. The molecule has 0 N–H and O–H groups in total. The molecule has 12 aromatic carbocycles. The number of benzene rings is 12. The fourth-order valence-corrected chi connectivity index (χ4v) is 11.1. The van der Waals surface area contributed by atoms with E-state index in [4.69, 9.17) is 0 Å². The average Bonchev–Trinajstić information content (AvgIpc) is 3.71. The number of hydrogen-bond acceptors (Lipinski definition) is 1. The van der Waals surface area contributed by atoms with Crippen molar-refractivity contribution < 1.29 is 0 Å². The fraction of sp³-hybridized carbons (Fsp3) is 0.0154. The van der Waals surface area contributed by atoms with Gasteiger partial charge in [-0.2, -0.15) is 0 Å². The van der Waals surface area contributed by atoms with Gasteiger partial charge in [-0.3, -0.25) is 0 Å². The molecule has 1 heteroatoms. The van der Waals surface area contributed by atoms with Gasteiger partial charge in [0.1, 0.15) is 0 Å². The maximum Gasteiger partial charge on any atom is 0.0714 e. The molecule has 0 atom stereocenters. The predicted molar refractivity (Wildman–Crippen MR) is 279 cm³/mol. The van der Waals surface area contributed by atoms with Crippen LogP contribution in [0.5, 0.6) is 0 Å². The third kappa shape index (κ3) is 5.94. The maximum atomic E-state index is 2.47. The van der Waals surface area contributed by atoms with Gasteiger partial charge in [0, 0.05) is 16.9 Å². The summed E-state index contributed by atoms with van der Waals surface area (Å²) in [6.45, 7) is 0. The Labute approximate surface area is 385 Å². The molecule has 0 saturated heterocycles. The predicted octanol–water partition coefficient (Wildman–Crippen LogP) is 17.5. The van der Waals surface area contributed by atoms with Crippen LogP contribution < -0.4 is 4.90 Å². The molecule has 0 spiro atoms. The number of fused-ring (bicyclic) bond motifs is 9. The van der Waals surface area contributed by atoms with Crippen LogP contribution in [-0.2, 0) is 5.41 Å². The van der Waals surface area contributed by atoms with E-state index in [1.165, 1.54) is 98.7 Å².